The maximum atomic E-state index is 8.46. The van der Waals surface area contributed by atoms with E-state index in [2.05, 4.69) is 0 Å². The average Bonchev–Trinajstić information content (AvgIpc) is 1.72. The van der Waals surface area contributed by atoms with E-state index >= 15 is 0 Å². The normalized spacial score (nSPS) is 12.1. The van der Waals surface area contributed by atoms with Crippen LogP contribution in [-0.2, 0) is 0 Å². The van der Waals surface area contributed by atoms with E-state index in [1.165, 1.54) is 0 Å². The zero-order valence-corrected chi connectivity index (χ0v) is 4.94. The van der Waals surface area contributed by atoms with Gasteiger partial charge in [-0.3, -0.25) is 0 Å². The quantitative estimate of drug-likeness (QED) is 0.519. The van der Waals surface area contributed by atoms with Crippen LogP contribution in [0.5, 0.6) is 0 Å². The highest BCUT2D eigenvalue weighted by atomic mass is 16.3. The van der Waals surface area contributed by atoms with E-state index in [1.54, 1.807) is 0 Å². The number of hydrogen-bond acceptors (Lipinski definition) is 1. The Bertz CT molecular complexity index is 58.6. The van der Waals surface area contributed by atoms with Gasteiger partial charge in [-0.1, -0.05) is 13.0 Å². The first kappa shape index (κ1) is 6.70. The molecule has 0 spiro atoms. The Labute approximate surface area is 44.7 Å². The molecule has 0 aliphatic carbocycles. The van der Waals surface area contributed by atoms with E-state index in [9.17, 15) is 0 Å². The Kier molecular flexibility index (Phi) is 3.71. The molecule has 0 saturated carbocycles. The third-order valence-corrected chi connectivity index (χ3v) is 1.07. The molecule has 0 bridgehead atoms. The van der Waals surface area contributed by atoms with Crippen molar-refractivity contribution in [2.75, 3.05) is 6.61 Å². The van der Waals surface area contributed by atoms with Crippen LogP contribution in [0.2, 0.25) is 0 Å². The molecule has 1 N–H and O–H groups in total. The molecule has 0 radical (unpaired) electrons. The Morgan fingerprint density at radius 3 is 2.29 bits per heavy atom. The van der Waals surface area contributed by atoms with Gasteiger partial charge in [-0.15, -0.1) is 0 Å². The monoisotopic (exact) mass is 100 g/mol. The summed E-state index contributed by atoms with van der Waals surface area (Å²) in [4.78, 5) is 0. The number of hydrogen-bond donors (Lipinski definition) is 1. The van der Waals surface area contributed by atoms with Gasteiger partial charge in [0, 0.05) is 0 Å². The summed E-state index contributed by atoms with van der Waals surface area (Å²) >= 11 is 0. The Balaban J connectivity index is 3.38. The predicted octanol–water partition coefficient (Wildman–Crippen LogP) is 1.33. The molecule has 0 fully saturated rings. The van der Waals surface area contributed by atoms with Crippen LogP contribution in [-0.4, -0.2) is 11.7 Å². The smallest absolute Gasteiger partial charge is 0.0641 e. The molecule has 0 aliphatic rings. The van der Waals surface area contributed by atoms with Crippen molar-refractivity contribution in [2.24, 2.45) is 0 Å². The summed E-state index contributed by atoms with van der Waals surface area (Å²) in [5.74, 6) is 0. The first-order valence-corrected chi connectivity index (χ1v) is 2.60. The number of rotatable bonds is 2. The van der Waals surface area contributed by atoms with E-state index in [0.29, 0.717) is 0 Å². The van der Waals surface area contributed by atoms with Crippen molar-refractivity contribution in [3.8, 4) is 0 Å². The Morgan fingerprint density at radius 1 is 1.71 bits per heavy atom. The zero-order valence-electron chi connectivity index (χ0n) is 4.94. The van der Waals surface area contributed by atoms with Gasteiger partial charge in [-0.05, 0) is 18.9 Å². The summed E-state index contributed by atoms with van der Waals surface area (Å²) < 4.78 is 0. The first-order chi connectivity index (χ1) is 3.35. The maximum absolute atomic E-state index is 8.46. The van der Waals surface area contributed by atoms with E-state index in [4.69, 9.17) is 5.11 Å². The Hall–Kier alpha value is -0.300. The minimum absolute atomic E-state index is 0.215. The summed E-state index contributed by atoms with van der Waals surface area (Å²) in [6.07, 6.45) is 2.91. The molecule has 7 heavy (non-hydrogen) atoms. The van der Waals surface area contributed by atoms with E-state index in [0.717, 1.165) is 12.0 Å². The van der Waals surface area contributed by atoms with Crippen molar-refractivity contribution < 1.29 is 5.11 Å². The minimum Gasteiger partial charge on any atom is -0.392 e. The van der Waals surface area contributed by atoms with Gasteiger partial charge in [0.1, 0.15) is 0 Å². The Morgan fingerprint density at radius 2 is 2.29 bits per heavy atom. The minimum atomic E-state index is 0.215. The van der Waals surface area contributed by atoms with Gasteiger partial charge in [0.25, 0.3) is 0 Å². The summed E-state index contributed by atoms with van der Waals surface area (Å²) in [5, 5.41) is 8.46. The highest BCUT2D eigenvalue weighted by molar-refractivity contribution is 4.98. The summed E-state index contributed by atoms with van der Waals surface area (Å²) in [7, 11) is 0. The van der Waals surface area contributed by atoms with Crippen LogP contribution in [0.25, 0.3) is 0 Å². The average molecular weight is 100 g/mol. The lowest BCUT2D eigenvalue weighted by molar-refractivity contribution is 0.327. The summed E-state index contributed by atoms with van der Waals surface area (Å²) in [6.45, 7) is 4.19. The van der Waals surface area contributed by atoms with Crippen LogP contribution >= 0.6 is 0 Å². The molecule has 0 aromatic carbocycles. The fourth-order valence-electron chi connectivity index (χ4n) is 0.407. The molecule has 0 aliphatic heterocycles. The second kappa shape index (κ2) is 3.88. The molecule has 0 atom stereocenters. The lowest BCUT2D eigenvalue weighted by Crippen LogP contribution is -1.85. The fraction of sp³-hybridized carbons (Fsp3) is 0.667. The van der Waals surface area contributed by atoms with Gasteiger partial charge in [0.15, 0.2) is 0 Å². The molecule has 0 aromatic heterocycles. The lowest BCUT2D eigenvalue weighted by atomic mass is 10.2. The second-order valence-electron chi connectivity index (χ2n) is 1.46. The van der Waals surface area contributed by atoms with Crippen molar-refractivity contribution >= 4 is 0 Å². The van der Waals surface area contributed by atoms with Crippen LogP contribution in [0.3, 0.4) is 0 Å². The van der Waals surface area contributed by atoms with E-state index < -0.39 is 0 Å². The number of allylic oxidation sites excluding steroid dienone is 1. The standard InChI is InChI=1S/C6H12O/c1-3-6(4-2)5-7/h3,7H,4-5H2,1-2H3. The fourth-order valence-corrected chi connectivity index (χ4v) is 0.407. The van der Waals surface area contributed by atoms with Crippen molar-refractivity contribution in [2.45, 2.75) is 20.3 Å². The molecule has 0 aromatic rings. The van der Waals surface area contributed by atoms with Crippen molar-refractivity contribution in [1.82, 2.24) is 0 Å². The van der Waals surface area contributed by atoms with E-state index in [-0.39, 0.29) is 6.61 Å². The SMILES string of the molecule is CC=C(CC)CO. The van der Waals surface area contributed by atoms with Crippen LogP contribution in [0.1, 0.15) is 20.3 Å². The van der Waals surface area contributed by atoms with Gasteiger partial charge >= 0.3 is 0 Å². The second-order valence-corrected chi connectivity index (χ2v) is 1.46. The van der Waals surface area contributed by atoms with Gasteiger partial charge in [-0.25, -0.2) is 0 Å². The molecule has 42 valence electrons. The number of aliphatic hydroxyl groups is 1. The molecule has 1 nitrogen and oxygen atoms in total. The van der Waals surface area contributed by atoms with Crippen molar-refractivity contribution in [1.29, 1.82) is 0 Å². The van der Waals surface area contributed by atoms with Crippen LogP contribution < -0.4 is 0 Å². The number of aliphatic hydroxyl groups excluding tert-OH is 1. The van der Waals surface area contributed by atoms with Crippen LogP contribution in [0, 0.1) is 0 Å². The third kappa shape index (κ3) is 2.40. The molecule has 0 heterocycles. The lowest BCUT2D eigenvalue weighted by Gasteiger charge is -1.92. The molecular weight excluding hydrogens is 88.1 g/mol. The highest BCUT2D eigenvalue weighted by Gasteiger charge is 1.83. The van der Waals surface area contributed by atoms with Gasteiger partial charge in [0.05, 0.1) is 6.61 Å². The highest BCUT2D eigenvalue weighted by Crippen LogP contribution is 1.95. The zero-order chi connectivity index (χ0) is 5.70. The van der Waals surface area contributed by atoms with Crippen molar-refractivity contribution in [3.63, 3.8) is 0 Å². The topological polar surface area (TPSA) is 20.2 Å². The van der Waals surface area contributed by atoms with Crippen molar-refractivity contribution in [3.05, 3.63) is 11.6 Å². The third-order valence-electron chi connectivity index (χ3n) is 1.07. The molecule has 0 saturated heterocycles. The van der Waals surface area contributed by atoms with Crippen LogP contribution in [0.15, 0.2) is 11.6 Å². The molecule has 0 rings (SSSR count). The maximum Gasteiger partial charge on any atom is 0.0641 e. The van der Waals surface area contributed by atoms with Crippen LogP contribution in [0.4, 0.5) is 0 Å². The summed E-state index contributed by atoms with van der Waals surface area (Å²) in [6, 6.07) is 0. The van der Waals surface area contributed by atoms with E-state index in [1.807, 2.05) is 19.9 Å². The molecular formula is C6H12O. The molecule has 0 amide bonds. The summed E-state index contributed by atoms with van der Waals surface area (Å²) in [5.41, 5.74) is 1.11. The largest absolute Gasteiger partial charge is 0.392 e. The first-order valence-electron chi connectivity index (χ1n) is 2.60. The van der Waals surface area contributed by atoms with Gasteiger partial charge in [0.2, 0.25) is 0 Å². The molecule has 0 unspecified atom stereocenters. The molecule has 1 heteroatoms. The predicted molar refractivity (Wildman–Crippen MR) is 31.1 cm³/mol. The van der Waals surface area contributed by atoms with Gasteiger partial charge in [-0.2, -0.15) is 0 Å². The van der Waals surface area contributed by atoms with Gasteiger partial charge < -0.3 is 5.11 Å².